The lowest BCUT2D eigenvalue weighted by atomic mass is 10.1. The number of nitrogens with one attached hydrogen (secondary N) is 1. The Morgan fingerprint density at radius 3 is 2.61 bits per heavy atom. The summed E-state index contributed by atoms with van der Waals surface area (Å²) in [6.07, 6.45) is 3.35. The third-order valence-corrected chi connectivity index (χ3v) is 5.26. The maximum atomic E-state index is 13.1. The highest BCUT2D eigenvalue weighted by Gasteiger charge is 2.23. The largest absolute Gasteiger partial charge is 0.495 e. The number of ether oxygens (including phenoxy) is 1. The van der Waals surface area contributed by atoms with Crippen molar-refractivity contribution in [1.82, 2.24) is 20.0 Å². The number of amides is 1. The maximum absolute atomic E-state index is 13.1. The molecule has 2 aromatic heterocycles. The Morgan fingerprint density at radius 1 is 1.10 bits per heavy atom. The number of halogens is 1. The Labute approximate surface area is 184 Å². The molecule has 0 spiro atoms. The topological polar surface area (TPSA) is 81.9 Å². The number of aromatic nitrogens is 4. The van der Waals surface area contributed by atoms with E-state index in [4.69, 9.17) is 16.3 Å². The van der Waals surface area contributed by atoms with Gasteiger partial charge in [-0.25, -0.2) is 4.68 Å². The fourth-order valence-corrected chi connectivity index (χ4v) is 3.43. The van der Waals surface area contributed by atoms with Crippen LogP contribution < -0.4 is 10.1 Å². The summed E-state index contributed by atoms with van der Waals surface area (Å²) in [6.45, 7) is 4.07. The van der Waals surface area contributed by atoms with Crippen LogP contribution in [0.15, 0.2) is 60.9 Å². The van der Waals surface area contributed by atoms with E-state index in [9.17, 15) is 4.79 Å². The average Bonchev–Trinajstić information content (AvgIpc) is 3.22. The van der Waals surface area contributed by atoms with E-state index in [-0.39, 0.29) is 5.69 Å². The van der Waals surface area contributed by atoms with Crippen LogP contribution in [0.2, 0.25) is 5.02 Å². The summed E-state index contributed by atoms with van der Waals surface area (Å²) in [5.74, 6) is 0.117. The zero-order valence-corrected chi connectivity index (χ0v) is 18.0. The number of nitrogens with zero attached hydrogens (tertiary/aromatic N) is 4. The third-order valence-electron chi connectivity index (χ3n) is 4.97. The van der Waals surface area contributed by atoms with E-state index in [2.05, 4.69) is 20.6 Å². The van der Waals surface area contributed by atoms with Gasteiger partial charge in [-0.1, -0.05) is 22.9 Å². The van der Waals surface area contributed by atoms with E-state index < -0.39 is 5.91 Å². The van der Waals surface area contributed by atoms with E-state index in [0.717, 1.165) is 16.8 Å². The zero-order valence-electron chi connectivity index (χ0n) is 17.3. The van der Waals surface area contributed by atoms with Crippen molar-refractivity contribution in [3.63, 3.8) is 0 Å². The number of anilines is 1. The molecule has 0 aliphatic rings. The SMILES string of the molecule is COc1ccc(NC(=O)c2nnn(-c3ccc(C)c(C)c3)c2-c2cccnc2)cc1Cl. The molecule has 0 aliphatic carbocycles. The highest BCUT2D eigenvalue weighted by atomic mass is 35.5. The predicted molar refractivity (Wildman–Crippen MR) is 120 cm³/mol. The van der Waals surface area contributed by atoms with Crippen LogP contribution in [0.5, 0.6) is 5.75 Å². The minimum Gasteiger partial charge on any atom is -0.495 e. The Bertz CT molecular complexity index is 1250. The normalized spacial score (nSPS) is 10.7. The summed E-state index contributed by atoms with van der Waals surface area (Å²) in [6, 6.07) is 14.7. The predicted octanol–water partition coefficient (Wildman–Crippen LogP) is 4.86. The molecule has 1 amide bonds. The molecule has 1 N–H and O–H groups in total. The molecule has 2 heterocycles. The molecule has 2 aromatic carbocycles. The molecule has 0 radical (unpaired) electrons. The minimum atomic E-state index is -0.407. The first-order chi connectivity index (χ1) is 15.0. The monoisotopic (exact) mass is 433 g/mol. The molecule has 0 atom stereocenters. The van der Waals surface area contributed by atoms with E-state index in [1.807, 2.05) is 38.1 Å². The van der Waals surface area contributed by atoms with Gasteiger partial charge in [-0.2, -0.15) is 0 Å². The Kier molecular flexibility index (Phi) is 5.68. The zero-order chi connectivity index (χ0) is 22.0. The van der Waals surface area contributed by atoms with Crippen LogP contribution in [-0.4, -0.2) is 33.0 Å². The van der Waals surface area contributed by atoms with Gasteiger partial charge in [0.2, 0.25) is 0 Å². The number of pyridine rings is 1. The van der Waals surface area contributed by atoms with E-state index >= 15 is 0 Å². The van der Waals surface area contributed by atoms with Crippen LogP contribution >= 0.6 is 11.6 Å². The van der Waals surface area contributed by atoms with Gasteiger partial charge in [0.1, 0.15) is 11.4 Å². The number of carbonyl (C=O) groups is 1. The molecule has 31 heavy (non-hydrogen) atoms. The summed E-state index contributed by atoms with van der Waals surface area (Å²) < 4.78 is 6.81. The fourth-order valence-electron chi connectivity index (χ4n) is 3.17. The van der Waals surface area contributed by atoms with Crippen LogP contribution in [0.1, 0.15) is 21.6 Å². The molecule has 8 heteroatoms. The number of aryl methyl sites for hydroxylation is 2. The van der Waals surface area contributed by atoms with Crippen molar-refractivity contribution in [2.24, 2.45) is 0 Å². The maximum Gasteiger partial charge on any atom is 0.278 e. The number of carbonyl (C=O) groups excluding carboxylic acids is 1. The first kappa shape index (κ1) is 20.6. The highest BCUT2D eigenvalue weighted by Crippen LogP contribution is 2.29. The lowest BCUT2D eigenvalue weighted by Gasteiger charge is -2.11. The summed E-state index contributed by atoms with van der Waals surface area (Å²) in [4.78, 5) is 17.3. The molecular weight excluding hydrogens is 414 g/mol. The van der Waals surface area contributed by atoms with Crippen molar-refractivity contribution in [3.8, 4) is 22.7 Å². The Hall–Kier alpha value is -3.71. The van der Waals surface area contributed by atoms with Crippen molar-refractivity contribution >= 4 is 23.2 Å². The van der Waals surface area contributed by atoms with E-state index in [0.29, 0.717) is 22.2 Å². The number of methoxy groups -OCH3 is 1. The van der Waals surface area contributed by atoms with Crippen LogP contribution in [0.4, 0.5) is 5.69 Å². The molecule has 0 aliphatic heterocycles. The van der Waals surface area contributed by atoms with Crippen molar-refractivity contribution in [2.45, 2.75) is 13.8 Å². The molecule has 0 saturated carbocycles. The number of rotatable bonds is 5. The van der Waals surface area contributed by atoms with Crippen molar-refractivity contribution < 1.29 is 9.53 Å². The minimum absolute atomic E-state index is 0.179. The molecule has 4 aromatic rings. The van der Waals surface area contributed by atoms with Crippen molar-refractivity contribution in [2.75, 3.05) is 12.4 Å². The van der Waals surface area contributed by atoms with Gasteiger partial charge in [-0.3, -0.25) is 9.78 Å². The van der Waals surface area contributed by atoms with Crippen LogP contribution in [0.3, 0.4) is 0 Å². The number of hydrogen-bond acceptors (Lipinski definition) is 5. The van der Waals surface area contributed by atoms with Gasteiger partial charge >= 0.3 is 0 Å². The van der Waals surface area contributed by atoms with E-state index in [1.54, 1.807) is 41.3 Å². The molecule has 0 unspecified atom stereocenters. The van der Waals surface area contributed by atoms with Crippen LogP contribution in [-0.2, 0) is 0 Å². The molecule has 0 saturated heterocycles. The first-order valence-electron chi connectivity index (χ1n) is 9.56. The molecular formula is C23H20ClN5O2. The van der Waals surface area contributed by atoms with Gasteiger partial charge in [0.25, 0.3) is 5.91 Å². The van der Waals surface area contributed by atoms with Gasteiger partial charge in [0.15, 0.2) is 5.69 Å². The second kappa shape index (κ2) is 8.57. The molecule has 156 valence electrons. The van der Waals surface area contributed by atoms with Gasteiger partial charge < -0.3 is 10.1 Å². The number of hydrogen-bond donors (Lipinski definition) is 1. The third kappa shape index (κ3) is 4.13. The summed E-state index contributed by atoms with van der Waals surface area (Å²) in [5.41, 5.74) is 5.06. The summed E-state index contributed by atoms with van der Waals surface area (Å²) in [7, 11) is 1.53. The molecule has 4 rings (SSSR count). The molecule has 0 bridgehead atoms. The van der Waals surface area contributed by atoms with Crippen LogP contribution in [0.25, 0.3) is 16.9 Å². The smallest absolute Gasteiger partial charge is 0.278 e. The lowest BCUT2D eigenvalue weighted by molar-refractivity contribution is 0.102. The second-order valence-electron chi connectivity index (χ2n) is 7.01. The van der Waals surface area contributed by atoms with Gasteiger partial charge in [0.05, 0.1) is 17.8 Å². The van der Waals surface area contributed by atoms with Gasteiger partial charge in [-0.05, 0) is 67.4 Å². The van der Waals surface area contributed by atoms with Gasteiger partial charge in [-0.15, -0.1) is 5.10 Å². The second-order valence-corrected chi connectivity index (χ2v) is 7.42. The van der Waals surface area contributed by atoms with Crippen molar-refractivity contribution in [1.29, 1.82) is 0 Å². The fraction of sp³-hybridized carbons (Fsp3) is 0.130. The van der Waals surface area contributed by atoms with Crippen LogP contribution in [0, 0.1) is 13.8 Å². The highest BCUT2D eigenvalue weighted by molar-refractivity contribution is 6.32. The number of benzene rings is 2. The Balaban J connectivity index is 1.77. The Morgan fingerprint density at radius 2 is 1.94 bits per heavy atom. The molecule has 0 fully saturated rings. The first-order valence-corrected chi connectivity index (χ1v) is 9.94. The standard InChI is InChI=1S/C23H20ClN5O2/c1-14-6-8-18(11-15(14)2)29-22(16-5-4-10-25-13-16)21(27-28-29)23(30)26-17-7-9-20(31-3)19(24)12-17/h4-13H,1-3H3,(H,26,30). The quantitative estimate of drug-likeness (QED) is 0.486. The molecule has 7 nitrogen and oxygen atoms in total. The van der Waals surface area contributed by atoms with Crippen molar-refractivity contribution in [3.05, 3.63) is 82.8 Å². The average molecular weight is 434 g/mol. The summed E-state index contributed by atoms with van der Waals surface area (Å²) in [5, 5.41) is 11.7. The van der Waals surface area contributed by atoms with E-state index in [1.165, 1.54) is 12.7 Å². The lowest BCUT2D eigenvalue weighted by Crippen LogP contribution is -2.14. The van der Waals surface area contributed by atoms with Gasteiger partial charge in [0, 0.05) is 23.6 Å². The summed E-state index contributed by atoms with van der Waals surface area (Å²) >= 11 is 6.18.